The van der Waals surface area contributed by atoms with Crippen molar-refractivity contribution in [2.45, 2.75) is 58.9 Å². The minimum atomic E-state index is -0.161. The number of pyridine rings is 1. The lowest BCUT2D eigenvalue weighted by Gasteiger charge is -2.49. The highest BCUT2D eigenvalue weighted by atomic mass is 79.9. The zero-order chi connectivity index (χ0) is 25.9. The number of aryl methyl sites for hydroxylation is 2. The van der Waals surface area contributed by atoms with Gasteiger partial charge in [-0.1, -0.05) is 33.2 Å². The Kier molecular flexibility index (Phi) is 8.35. The molecule has 0 bridgehead atoms. The normalized spacial score (nSPS) is 19.4. The minimum Gasteiger partial charge on any atom is -0.396 e. The number of rotatable bonds is 6. The van der Waals surface area contributed by atoms with Crippen LogP contribution in [0, 0.1) is 19.8 Å². The quantitative estimate of drug-likeness (QED) is 0.405. The number of likely N-dealkylation sites (tertiary alicyclic amines) is 2. The number of amides is 1. The van der Waals surface area contributed by atoms with Crippen LogP contribution < -0.4 is 5.56 Å². The number of aromatic nitrogens is 1. The Morgan fingerprint density at radius 1 is 1.14 bits per heavy atom. The summed E-state index contributed by atoms with van der Waals surface area (Å²) in [7, 11) is 0. The van der Waals surface area contributed by atoms with E-state index in [1.807, 2.05) is 18.7 Å². The number of carbonyl (C=O) groups is 1. The molecule has 0 radical (unpaired) electrons. The molecule has 2 aromatic rings. The Balaban J connectivity index is 1.38. The van der Waals surface area contributed by atoms with E-state index >= 15 is 0 Å². The van der Waals surface area contributed by atoms with Crippen molar-refractivity contribution in [3.8, 4) is 0 Å². The van der Waals surface area contributed by atoms with Crippen LogP contribution in [0.25, 0.3) is 0 Å². The fourth-order valence-electron chi connectivity index (χ4n) is 5.65. The van der Waals surface area contributed by atoms with E-state index in [0.29, 0.717) is 23.8 Å². The third-order valence-electron chi connectivity index (χ3n) is 7.85. The molecule has 8 heteroatoms. The van der Waals surface area contributed by atoms with Crippen molar-refractivity contribution in [1.82, 2.24) is 14.8 Å². The number of benzene rings is 1. The predicted molar refractivity (Wildman–Crippen MR) is 147 cm³/mol. The first-order chi connectivity index (χ1) is 17.2. The van der Waals surface area contributed by atoms with E-state index in [0.717, 1.165) is 73.2 Å². The molecule has 7 nitrogen and oxygen atoms in total. The van der Waals surface area contributed by atoms with E-state index in [-0.39, 0.29) is 17.0 Å². The average Bonchev–Trinajstić information content (AvgIpc) is 2.85. The van der Waals surface area contributed by atoms with Gasteiger partial charge in [0.05, 0.1) is 11.3 Å². The number of nitrogens with zero attached hydrogens (tertiary/aromatic N) is 3. The van der Waals surface area contributed by atoms with E-state index in [2.05, 4.69) is 62.2 Å². The van der Waals surface area contributed by atoms with Crippen molar-refractivity contribution in [1.29, 1.82) is 0 Å². The molecule has 1 aromatic heterocycles. The van der Waals surface area contributed by atoms with Gasteiger partial charge in [-0.3, -0.25) is 14.5 Å². The average molecular weight is 558 g/mol. The Morgan fingerprint density at radius 2 is 1.78 bits per heavy atom. The van der Waals surface area contributed by atoms with E-state index in [1.54, 1.807) is 6.92 Å². The first-order valence-electron chi connectivity index (χ1n) is 12.9. The molecule has 0 saturated carbocycles. The molecular formula is C28H37BrN4O3. The largest absolute Gasteiger partial charge is 0.396 e. The van der Waals surface area contributed by atoms with Crippen LogP contribution in [-0.4, -0.2) is 64.7 Å². The summed E-state index contributed by atoms with van der Waals surface area (Å²) < 4.78 is 1.06. The van der Waals surface area contributed by atoms with Gasteiger partial charge in [-0.2, -0.15) is 0 Å². The number of carbonyl (C=O) groups excluding carboxylic acids is 1. The summed E-state index contributed by atoms with van der Waals surface area (Å²) in [6.07, 6.45) is 3.96. The molecular weight excluding hydrogens is 520 g/mol. The maximum atomic E-state index is 13.3. The van der Waals surface area contributed by atoms with Gasteiger partial charge in [-0.25, -0.2) is 0 Å². The summed E-state index contributed by atoms with van der Waals surface area (Å²) in [6, 6.07) is 9.83. The van der Waals surface area contributed by atoms with E-state index in [1.165, 1.54) is 6.07 Å². The van der Waals surface area contributed by atoms with Gasteiger partial charge in [-0.05, 0) is 89.7 Å². The van der Waals surface area contributed by atoms with E-state index < -0.39 is 0 Å². The van der Waals surface area contributed by atoms with Crippen LogP contribution in [0.4, 0.5) is 0 Å². The number of nitrogens with one attached hydrogen (secondary N) is 1. The Morgan fingerprint density at radius 3 is 2.36 bits per heavy atom. The van der Waals surface area contributed by atoms with Gasteiger partial charge in [0.25, 0.3) is 5.91 Å². The fourth-order valence-corrected chi connectivity index (χ4v) is 5.92. The second-order valence-electron chi connectivity index (χ2n) is 10.3. The molecule has 3 heterocycles. The number of hydrogen-bond donors (Lipinski definition) is 1. The highest BCUT2D eigenvalue weighted by Gasteiger charge is 2.39. The van der Waals surface area contributed by atoms with Crippen molar-refractivity contribution in [2.75, 3.05) is 32.8 Å². The van der Waals surface area contributed by atoms with Gasteiger partial charge in [0.15, 0.2) is 0 Å². The van der Waals surface area contributed by atoms with Crippen LogP contribution in [0.1, 0.15) is 66.7 Å². The number of oxime groups is 1. The second-order valence-corrected chi connectivity index (χ2v) is 11.2. The summed E-state index contributed by atoms with van der Waals surface area (Å²) in [6.45, 7) is 12.0. The second kappa shape index (κ2) is 11.3. The van der Waals surface area contributed by atoms with E-state index in [9.17, 15) is 9.59 Å². The zero-order valence-electron chi connectivity index (χ0n) is 21.8. The van der Waals surface area contributed by atoms with Crippen LogP contribution in [0.15, 0.2) is 44.8 Å². The van der Waals surface area contributed by atoms with Crippen LogP contribution in [0.3, 0.4) is 0 Å². The fraction of sp³-hybridized carbons (Fsp3) is 0.536. The van der Waals surface area contributed by atoms with Gasteiger partial charge in [-0.15, -0.1) is 0 Å². The summed E-state index contributed by atoms with van der Waals surface area (Å²) in [5, 5.41) is 4.51. The molecule has 36 heavy (non-hydrogen) atoms. The summed E-state index contributed by atoms with van der Waals surface area (Å²) in [4.78, 5) is 37.8. The topological polar surface area (TPSA) is 78.0 Å². The minimum absolute atomic E-state index is 0.0216. The van der Waals surface area contributed by atoms with Crippen LogP contribution in [0.2, 0.25) is 0 Å². The van der Waals surface area contributed by atoms with Gasteiger partial charge < -0.3 is 14.7 Å². The lowest BCUT2D eigenvalue weighted by atomic mass is 9.82. The van der Waals surface area contributed by atoms with Crippen LogP contribution in [0.5, 0.6) is 0 Å². The van der Waals surface area contributed by atoms with Crippen LogP contribution in [-0.2, 0) is 4.84 Å². The third kappa shape index (κ3) is 5.75. The van der Waals surface area contributed by atoms with Crippen molar-refractivity contribution < 1.29 is 9.63 Å². The summed E-state index contributed by atoms with van der Waals surface area (Å²) in [5.41, 5.74) is 4.10. The lowest BCUT2D eigenvalue weighted by Crippen LogP contribution is -2.56. The number of H-pyrrole nitrogens is 1. The van der Waals surface area contributed by atoms with Crippen molar-refractivity contribution >= 4 is 27.5 Å². The molecule has 0 atom stereocenters. The van der Waals surface area contributed by atoms with Gasteiger partial charge in [0, 0.05) is 40.8 Å². The van der Waals surface area contributed by atoms with Gasteiger partial charge in [0.2, 0.25) is 5.56 Å². The molecule has 2 aliphatic rings. The molecule has 2 fully saturated rings. The first kappa shape index (κ1) is 26.6. The molecule has 0 unspecified atom stereocenters. The Bertz CT molecular complexity index is 1130. The highest BCUT2D eigenvalue weighted by Crippen LogP contribution is 2.34. The molecule has 1 aromatic carbocycles. The molecule has 0 aliphatic carbocycles. The van der Waals surface area contributed by atoms with E-state index in [4.69, 9.17) is 4.84 Å². The standard InChI is InChI=1S/C28H37BrN4O3/c1-5-36-31-26(21-6-8-23(29)9-7-21)22-10-14-33(15-11-22)28(4)12-16-32(17-13-28)27(35)25-19(2)18-24(34)30-20(25)3/h6-9,18,22H,5,10-17H2,1-4H3,(H,30,34)/b31-26+. The predicted octanol–water partition coefficient (Wildman–Crippen LogP) is 4.90. The Hall–Kier alpha value is -2.45. The smallest absolute Gasteiger partial charge is 0.255 e. The molecule has 4 rings (SSSR count). The Labute approximate surface area is 222 Å². The zero-order valence-corrected chi connectivity index (χ0v) is 23.4. The van der Waals surface area contributed by atoms with Crippen LogP contribution >= 0.6 is 15.9 Å². The lowest BCUT2D eigenvalue weighted by molar-refractivity contribution is 0.0161. The third-order valence-corrected chi connectivity index (χ3v) is 8.38. The van der Waals surface area contributed by atoms with Crippen molar-refractivity contribution in [3.63, 3.8) is 0 Å². The monoisotopic (exact) mass is 556 g/mol. The molecule has 0 spiro atoms. The molecule has 194 valence electrons. The van der Waals surface area contributed by atoms with Crippen molar-refractivity contribution in [3.05, 3.63) is 67.5 Å². The maximum Gasteiger partial charge on any atom is 0.255 e. The molecule has 2 aliphatic heterocycles. The van der Waals surface area contributed by atoms with Crippen molar-refractivity contribution in [2.24, 2.45) is 11.1 Å². The van der Waals surface area contributed by atoms with Gasteiger partial charge in [0.1, 0.15) is 6.61 Å². The number of piperidine rings is 2. The van der Waals surface area contributed by atoms with Gasteiger partial charge >= 0.3 is 0 Å². The maximum absolute atomic E-state index is 13.3. The summed E-state index contributed by atoms with van der Waals surface area (Å²) >= 11 is 3.52. The molecule has 1 N–H and O–H groups in total. The summed E-state index contributed by atoms with van der Waals surface area (Å²) in [5.74, 6) is 0.388. The number of halogens is 1. The number of hydrogen-bond acceptors (Lipinski definition) is 5. The molecule has 2 saturated heterocycles. The number of aromatic amines is 1. The highest BCUT2D eigenvalue weighted by molar-refractivity contribution is 9.10. The first-order valence-corrected chi connectivity index (χ1v) is 13.7. The SMILES string of the molecule is CCO/N=C(\c1ccc(Br)cc1)C1CCN(C2(C)CCN(C(=O)c3c(C)cc(=O)[nH]c3C)CC2)CC1. The molecule has 1 amide bonds.